The first-order chi connectivity index (χ1) is 15.8. The fourth-order valence-electron chi connectivity index (χ4n) is 2.65. The molecule has 1 aliphatic carbocycles. The Morgan fingerprint density at radius 1 is 1.03 bits per heavy atom. The molecule has 0 unspecified atom stereocenters. The SMILES string of the molecule is CCOc1cc(/C=N\NC(=O)C(=O)NC2CC2)ccc1OCC(=O)Nc1cc(Cl)cc(Cl)c1. The van der Waals surface area contributed by atoms with Crippen LogP contribution in [0.4, 0.5) is 5.69 Å². The molecule has 0 spiro atoms. The lowest BCUT2D eigenvalue weighted by Gasteiger charge is -2.13. The van der Waals surface area contributed by atoms with Gasteiger partial charge in [-0.25, -0.2) is 5.43 Å². The molecule has 0 aromatic heterocycles. The number of carbonyl (C=O) groups is 3. The number of hydrogen-bond donors (Lipinski definition) is 3. The van der Waals surface area contributed by atoms with Gasteiger partial charge in [0.2, 0.25) is 0 Å². The minimum atomic E-state index is -0.838. The topological polar surface area (TPSA) is 118 Å². The molecule has 0 atom stereocenters. The van der Waals surface area contributed by atoms with E-state index >= 15 is 0 Å². The molecule has 0 saturated heterocycles. The summed E-state index contributed by atoms with van der Waals surface area (Å²) in [5.74, 6) is -1.23. The molecular weight excluding hydrogens is 471 g/mol. The first-order valence-corrected chi connectivity index (χ1v) is 10.9. The van der Waals surface area contributed by atoms with E-state index in [9.17, 15) is 14.4 Å². The second kappa shape index (κ2) is 11.5. The number of hydrogen-bond acceptors (Lipinski definition) is 6. The lowest BCUT2D eigenvalue weighted by Crippen LogP contribution is -2.38. The average molecular weight is 493 g/mol. The Balaban J connectivity index is 1.56. The van der Waals surface area contributed by atoms with E-state index in [1.807, 2.05) is 0 Å². The molecule has 174 valence electrons. The summed E-state index contributed by atoms with van der Waals surface area (Å²) in [6.45, 7) is 1.89. The number of benzene rings is 2. The first-order valence-electron chi connectivity index (χ1n) is 10.1. The third-order valence-electron chi connectivity index (χ3n) is 4.27. The maximum Gasteiger partial charge on any atom is 0.329 e. The van der Waals surface area contributed by atoms with Crippen molar-refractivity contribution in [1.82, 2.24) is 10.7 Å². The van der Waals surface area contributed by atoms with Crippen molar-refractivity contribution in [3.05, 3.63) is 52.0 Å². The van der Waals surface area contributed by atoms with Crippen LogP contribution in [0.25, 0.3) is 0 Å². The van der Waals surface area contributed by atoms with Crippen LogP contribution < -0.4 is 25.5 Å². The predicted molar refractivity (Wildman–Crippen MR) is 125 cm³/mol. The Morgan fingerprint density at radius 2 is 1.76 bits per heavy atom. The number of nitrogens with one attached hydrogen (secondary N) is 3. The molecule has 9 nitrogen and oxygen atoms in total. The van der Waals surface area contributed by atoms with Gasteiger partial charge in [-0.1, -0.05) is 23.2 Å². The molecule has 0 heterocycles. The zero-order valence-corrected chi connectivity index (χ0v) is 19.2. The third kappa shape index (κ3) is 7.96. The number of hydrazone groups is 1. The zero-order chi connectivity index (χ0) is 23.8. The van der Waals surface area contributed by atoms with Gasteiger partial charge in [-0.2, -0.15) is 5.10 Å². The van der Waals surface area contributed by atoms with Crippen LogP contribution in [0.2, 0.25) is 10.0 Å². The van der Waals surface area contributed by atoms with Gasteiger partial charge >= 0.3 is 11.8 Å². The van der Waals surface area contributed by atoms with Gasteiger partial charge < -0.3 is 20.1 Å². The number of halogens is 2. The minimum Gasteiger partial charge on any atom is -0.490 e. The monoisotopic (exact) mass is 492 g/mol. The van der Waals surface area contributed by atoms with E-state index in [-0.39, 0.29) is 12.6 Å². The van der Waals surface area contributed by atoms with Gasteiger partial charge in [-0.05, 0) is 61.7 Å². The number of anilines is 1. The van der Waals surface area contributed by atoms with Crippen LogP contribution >= 0.6 is 23.2 Å². The summed E-state index contributed by atoms with van der Waals surface area (Å²) in [5, 5.41) is 9.81. The molecule has 0 radical (unpaired) electrons. The summed E-state index contributed by atoms with van der Waals surface area (Å²) < 4.78 is 11.2. The van der Waals surface area contributed by atoms with Gasteiger partial charge in [0.25, 0.3) is 5.91 Å². The number of ether oxygens (including phenoxy) is 2. The van der Waals surface area contributed by atoms with Crippen molar-refractivity contribution in [1.29, 1.82) is 0 Å². The smallest absolute Gasteiger partial charge is 0.329 e. The molecular formula is C22H22Cl2N4O5. The summed E-state index contributed by atoms with van der Waals surface area (Å²) in [7, 11) is 0. The van der Waals surface area contributed by atoms with Gasteiger partial charge in [0, 0.05) is 21.8 Å². The van der Waals surface area contributed by atoms with E-state index in [4.69, 9.17) is 32.7 Å². The molecule has 1 saturated carbocycles. The fourth-order valence-corrected chi connectivity index (χ4v) is 3.18. The average Bonchev–Trinajstić information content (AvgIpc) is 3.56. The van der Waals surface area contributed by atoms with Crippen LogP contribution in [0.3, 0.4) is 0 Å². The van der Waals surface area contributed by atoms with Gasteiger partial charge in [0.15, 0.2) is 18.1 Å². The lowest BCUT2D eigenvalue weighted by molar-refractivity contribution is -0.139. The Morgan fingerprint density at radius 3 is 2.42 bits per heavy atom. The Labute approximate surface area is 200 Å². The van der Waals surface area contributed by atoms with Crippen LogP contribution in [-0.2, 0) is 14.4 Å². The van der Waals surface area contributed by atoms with Crippen LogP contribution in [0, 0.1) is 0 Å². The fraction of sp³-hybridized carbons (Fsp3) is 0.273. The van der Waals surface area contributed by atoms with Gasteiger partial charge in [0.05, 0.1) is 12.8 Å². The van der Waals surface area contributed by atoms with Gasteiger partial charge in [-0.3, -0.25) is 14.4 Å². The number of amides is 3. The van der Waals surface area contributed by atoms with Crippen LogP contribution in [-0.4, -0.2) is 43.2 Å². The van der Waals surface area contributed by atoms with Crippen LogP contribution in [0.1, 0.15) is 25.3 Å². The van der Waals surface area contributed by atoms with Crippen molar-refractivity contribution >= 4 is 52.8 Å². The van der Waals surface area contributed by atoms with Crippen molar-refractivity contribution in [3.63, 3.8) is 0 Å². The highest BCUT2D eigenvalue weighted by Gasteiger charge is 2.26. The normalized spacial score (nSPS) is 12.8. The van der Waals surface area contributed by atoms with E-state index in [2.05, 4.69) is 21.2 Å². The second-order valence-corrected chi connectivity index (χ2v) is 7.95. The summed E-state index contributed by atoms with van der Waals surface area (Å²) in [6, 6.07) is 9.68. The van der Waals surface area contributed by atoms with E-state index in [0.717, 1.165) is 12.8 Å². The van der Waals surface area contributed by atoms with Crippen molar-refractivity contribution in [2.45, 2.75) is 25.8 Å². The molecule has 11 heteroatoms. The Bertz CT molecular complexity index is 1050. The molecule has 3 rings (SSSR count). The third-order valence-corrected chi connectivity index (χ3v) is 4.71. The van der Waals surface area contributed by atoms with Gasteiger partial charge in [-0.15, -0.1) is 0 Å². The summed E-state index contributed by atoms with van der Waals surface area (Å²) in [6.07, 6.45) is 3.13. The molecule has 3 amide bonds. The van der Waals surface area contributed by atoms with Crippen molar-refractivity contribution < 1.29 is 23.9 Å². The summed E-state index contributed by atoms with van der Waals surface area (Å²) in [5.41, 5.74) is 3.22. The van der Waals surface area contributed by atoms with Crippen molar-refractivity contribution in [2.75, 3.05) is 18.5 Å². The van der Waals surface area contributed by atoms with Crippen molar-refractivity contribution in [2.24, 2.45) is 5.10 Å². The molecule has 2 aromatic carbocycles. The maximum atomic E-state index is 12.2. The van der Waals surface area contributed by atoms with Crippen molar-refractivity contribution in [3.8, 4) is 11.5 Å². The van der Waals surface area contributed by atoms with Crippen LogP contribution in [0.5, 0.6) is 11.5 Å². The Kier molecular flexibility index (Phi) is 8.51. The standard InChI is InChI=1S/C22H22Cl2N4O5/c1-2-32-19-7-13(11-25-28-22(31)21(30)27-16-4-5-16)3-6-18(19)33-12-20(29)26-17-9-14(23)8-15(24)10-17/h3,6-11,16H,2,4-5,12H2,1H3,(H,26,29)(H,27,30)(H,28,31)/b25-11-. The number of rotatable bonds is 9. The molecule has 1 fully saturated rings. The molecule has 33 heavy (non-hydrogen) atoms. The molecule has 3 N–H and O–H groups in total. The number of carbonyl (C=O) groups excluding carboxylic acids is 3. The molecule has 0 bridgehead atoms. The highest BCUT2D eigenvalue weighted by molar-refractivity contribution is 6.35. The zero-order valence-electron chi connectivity index (χ0n) is 17.7. The molecule has 0 aliphatic heterocycles. The molecule has 2 aromatic rings. The van der Waals surface area contributed by atoms with E-state index < -0.39 is 17.7 Å². The highest BCUT2D eigenvalue weighted by atomic mass is 35.5. The maximum absolute atomic E-state index is 12.2. The van der Waals surface area contributed by atoms with E-state index in [0.29, 0.717) is 39.4 Å². The van der Waals surface area contributed by atoms with Gasteiger partial charge in [0.1, 0.15) is 0 Å². The first kappa shape index (κ1) is 24.3. The molecule has 1 aliphatic rings. The van der Waals surface area contributed by atoms with E-state index in [1.54, 1.807) is 43.3 Å². The second-order valence-electron chi connectivity index (χ2n) is 7.08. The van der Waals surface area contributed by atoms with E-state index in [1.165, 1.54) is 6.21 Å². The Hall–Kier alpha value is -3.30. The summed E-state index contributed by atoms with van der Waals surface area (Å²) >= 11 is 11.9. The summed E-state index contributed by atoms with van der Waals surface area (Å²) in [4.78, 5) is 35.5. The van der Waals surface area contributed by atoms with Crippen LogP contribution in [0.15, 0.2) is 41.5 Å². The quantitative estimate of drug-likeness (QED) is 0.282. The lowest BCUT2D eigenvalue weighted by atomic mass is 10.2. The highest BCUT2D eigenvalue weighted by Crippen LogP contribution is 2.28. The largest absolute Gasteiger partial charge is 0.490 e. The number of nitrogens with zero attached hydrogens (tertiary/aromatic N) is 1. The minimum absolute atomic E-state index is 0.0823. The predicted octanol–water partition coefficient (Wildman–Crippen LogP) is 3.14.